The van der Waals surface area contributed by atoms with Crippen LogP contribution in [0, 0.1) is 0 Å². The molecule has 0 saturated carbocycles. The van der Waals surface area contributed by atoms with Crippen molar-refractivity contribution in [2.24, 2.45) is 0 Å². The van der Waals surface area contributed by atoms with Crippen molar-refractivity contribution >= 4 is 28.5 Å². The summed E-state index contributed by atoms with van der Waals surface area (Å²) in [7, 11) is 6.84. The number of methoxy groups -OCH3 is 4. The highest BCUT2D eigenvalue weighted by molar-refractivity contribution is 6.07. The van der Waals surface area contributed by atoms with E-state index in [1.165, 1.54) is 39.8 Å². The zero-order valence-corrected chi connectivity index (χ0v) is 45.7. The number of hydrogen-bond acceptors (Lipinski definition) is 7. The first-order chi connectivity index (χ1) is 38.3. The average molecular weight is 1060 g/mol. The zero-order chi connectivity index (χ0) is 53.7. The summed E-state index contributed by atoms with van der Waals surface area (Å²) in [4.78, 5) is 46.1. The second kappa shape index (κ2) is 24.6. The van der Waals surface area contributed by atoms with Crippen LogP contribution in [0.5, 0.6) is 23.0 Å². The highest BCUT2D eigenvalue weighted by Gasteiger charge is 2.43. The predicted molar refractivity (Wildman–Crippen MR) is 314 cm³/mol. The largest absolute Gasteiger partial charge is 0.496 e. The highest BCUT2D eigenvalue weighted by Crippen LogP contribution is 2.49. The molecular weight excluding hydrogens is 983 g/mol. The minimum absolute atomic E-state index is 0. The van der Waals surface area contributed by atoms with Crippen LogP contribution in [0.3, 0.4) is 0 Å². The second-order valence-corrected chi connectivity index (χ2v) is 21.7. The Bertz CT molecular complexity index is 3260. The standard InChI is InChI=1S/C26H27NO3.C22H25NO3.C20H21NO.CH4/c1-29-24-15-13-19-20-11-6-16-27(23(20)14-12-21(19)25(24)30-2)26(28)22-10-5-8-17-7-3-4-9-18(17)22;1-25-19-12-13-20(26-2)21-16-9-6-14-23(18(16)11-10-17(19)21)22(24)15-7-4-3-5-8-15;22-20(16-8-2-1-3-9-16)21-14-6-11-18-17-10-5-4-7-15(17)12-13-19(18)21;/h3-5,7-10,13,15,20,23H,6,11-12,14,16H2,1-2H3;3-5,7-8,12-13,16,18H,6,9-11,14H2,1-2H3;1-5,7-10,18-19H,6,11-14H2;1H4/t20?,23-;;;/m1.../s1. The minimum Gasteiger partial charge on any atom is -0.496 e. The summed E-state index contributed by atoms with van der Waals surface area (Å²) in [6, 6.07) is 51.3. The summed E-state index contributed by atoms with van der Waals surface area (Å²) >= 11 is 0. The number of rotatable bonds is 7. The van der Waals surface area contributed by atoms with Gasteiger partial charge in [0.15, 0.2) is 11.5 Å². The van der Waals surface area contributed by atoms with Crippen molar-refractivity contribution < 1.29 is 33.3 Å². The third kappa shape index (κ3) is 10.7. The molecule has 3 aliphatic heterocycles. The number of carbonyl (C=O) groups is 3. The van der Waals surface area contributed by atoms with Gasteiger partial charge in [-0.25, -0.2) is 0 Å². The van der Waals surface area contributed by atoms with Crippen molar-refractivity contribution in [3.63, 3.8) is 0 Å². The number of likely N-dealkylation sites (tertiary alicyclic amines) is 3. The normalized spacial score (nSPS) is 21.4. The lowest BCUT2D eigenvalue weighted by atomic mass is 9.73. The van der Waals surface area contributed by atoms with E-state index in [1.54, 1.807) is 28.4 Å². The fourth-order valence-corrected chi connectivity index (χ4v) is 14.4. The van der Waals surface area contributed by atoms with E-state index in [2.05, 4.69) is 63.2 Å². The number of carbonyl (C=O) groups excluding carboxylic acids is 3. The number of hydrogen-bond donors (Lipinski definition) is 0. The summed E-state index contributed by atoms with van der Waals surface area (Å²) in [5, 5.41) is 2.15. The number of aryl methyl sites for hydroxylation is 1. The SMILES string of the molecule is C.COc1ccc(OC)c2c1CCC1C2CCCN1C(=O)c1ccccc1.COc1ccc2c(c1OC)CC[C@@H]1C2CCCN1C(=O)c1cccc2ccccc12.O=C(c1ccccc1)N1CCCC2c3ccccc3CCC21. The Hall–Kier alpha value is -7.59. The van der Waals surface area contributed by atoms with Crippen molar-refractivity contribution in [1.82, 2.24) is 14.7 Å². The van der Waals surface area contributed by atoms with E-state index in [0.29, 0.717) is 23.8 Å². The summed E-state index contributed by atoms with van der Waals surface area (Å²) in [5.74, 6) is 5.18. The molecule has 3 aliphatic carbocycles. The van der Waals surface area contributed by atoms with Crippen LogP contribution in [0.4, 0.5) is 0 Å². The van der Waals surface area contributed by atoms with Gasteiger partial charge in [0.25, 0.3) is 17.7 Å². The van der Waals surface area contributed by atoms with Crippen molar-refractivity contribution in [1.29, 1.82) is 0 Å². The average Bonchev–Trinajstić information content (AvgIpc) is 3.59. The molecule has 3 fully saturated rings. The molecule has 3 heterocycles. The molecule has 6 aliphatic rings. The maximum atomic E-state index is 13.7. The first-order valence-electron chi connectivity index (χ1n) is 28.4. The van der Waals surface area contributed by atoms with E-state index in [9.17, 15) is 14.4 Å². The van der Waals surface area contributed by atoms with E-state index in [4.69, 9.17) is 18.9 Å². The van der Waals surface area contributed by atoms with Crippen molar-refractivity contribution in [3.8, 4) is 23.0 Å². The van der Waals surface area contributed by atoms with Gasteiger partial charge in [-0.3, -0.25) is 14.4 Å². The molecule has 410 valence electrons. The van der Waals surface area contributed by atoms with Gasteiger partial charge in [0.05, 0.1) is 28.4 Å². The molecule has 0 spiro atoms. The summed E-state index contributed by atoms with van der Waals surface area (Å²) in [6.45, 7) is 2.55. The maximum Gasteiger partial charge on any atom is 0.254 e. The van der Waals surface area contributed by atoms with Gasteiger partial charge in [-0.1, -0.05) is 111 Å². The van der Waals surface area contributed by atoms with Gasteiger partial charge in [-0.2, -0.15) is 0 Å². The molecule has 13 rings (SSSR count). The topological polar surface area (TPSA) is 97.9 Å². The molecule has 0 bridgehead atoms. The first kappa shape index (κ1) is 54.8. The Balaban J connectivity index is 0.000000134. The highest BCUT2D eigenvalue weighted by atomic mass is 16.5. The Morgan fingerprint density at radius 3 is 1.54 bits per heavy atom. The zero-order valence-electron chi connectivity index (χ0n) is 45.7. The second-order valence-electron chi connectivity index (χ2n) is 21.7. The first-order valence-corrected chi connectivity index (χ1v) is 28.4. The molecular formula is C69H77N3O7. The van der Waals surface area contributed by atoms with Gasteiger partial charge in [-0.05, 0) is 153 Å². The number of nitrogens with zero attached hydrogens (tertiary/aromatic N) is 3. The molecule has 7 aromatic rings. The molecule has 5 unspecified atom stereocenters. The van der Waals surface area contributed by atoms with E-state index < -0.39 is 0 Å². The van der Waals surface area contributed by atoms with Crippen LogP contribution in [0.25, 0.3) is 10.8 Å². The van der Waals surface area contributed by atoms with Crippen LogP contribution in [0.15, 0.2) is 152 Å². The molecule has 10 heteroatoms. The third-order valence-corrected chi connectivity index (χ3v) is 17.9. The minimum atomic E-state index is 0. The molecule has 0 radical (unpaired) electrons. The molecule has 10 nitrogen and oxygen atoms in total. The molecule has 3 saturated heterocycles. The van der Waals surface area contributed by atoms with Gasteiger partial charge < -0.3 is 33.6 Å². The Morgan fingerprint density at radius 2 is 0.911 bits per heavy atom. The lowest BCUT2D eigenvalue weighted by Gasteiger charge is -2.45. The summed E-state index contributed by atoms with van der Waals surface area (Å²) < 4.78 is 22.5. The molecule has 79 heavy (non-hydrogen) atoms. The molecule has 0 aromatic heterocycles. The number of benzene rings is 7. The van der Waals surface area contributed by atoms with Crippen LogP contribution >= 0.6 is 0 Å². The van der Waals surface area contributed by atoms with E-state index >= 15 is 0 Å². The number of amides is 3. The Labute approximate surface area is 467 Å². The molecule has 3 amide bonds. The van der Waals surface area contributed by atoms with Crippen LogP contribution in [-0.2, 0) is 19.3 Å². The fourth-order valence-electron chi connectivity index (χ4n) is 14.4. The number of fused-ring (bicyclic) bond motifs is 10. The van der Waals surface area contributed by atoms with Gasteiger partial charge in [0.2, 0.25) is 0 Å². The van der Waals surface area contributed by atoms with Crippen LogP contribution in [0.1, 0.15) is 147 Å². The molecule has 0 N–H and O–H groups in total. The molecule has 7 aromatic carbocycles. The number of piperidine rings is 3. The van der Waals surface area contributed by atoms with Gasteiger partial charge in [0, 0.05) is 88.9 Å². The summed E-state index contributed by atoms with van der Waals surface area (Å²) in [6.07, 6.45) is 12.5. The van der Waals surface area contributed by atoms with E-state index in [0.717, 1.165) is 141 Å². The van der Waals surface area contributed by atoms with Crippen LogP contribution < -0.4 is 18.9 Å². The van der Waals surface area contributed by atoms with E-state index in [1.807, 2.05) is 103 Å². The maximum absolute atomic E-state index is 13.7. The quantitative estimate of drug-likeness (QED) is 0.157. The fraction of sp³-hybridized carbons (Fsp3) is 0.377. The Kier molecular flexibility index (Phi) is 17.1. The van der Waals surface area contributed by atoms with Gasteiger partial charge >= 0.3 is 0 Å². The molecule has 6 atom stereocenters. The number of ether oxygens (including phenoxy) is 4. The van der Waals surface area contributed by atoms with Gasteiger partial charge in [0.1, 0.15) is 11.5 Å². The van der Waals surface area contributed by atoms with Crippen molar-refractivity contribution in [2.75, 3.05) is 48.1 Å². The Morgan fingerprint density at radius 1 is 0.418 bits per heavy atom. The van der Waals surface area contributed by atoms with E-state index in [-0.39, 0.29) is 37.2 Å². The van der Waals surface area contributed by atoms with Crippen LogP contribution in [-0.4, -0.2) is 98.6 Å². The van der Waals surface area contributed by atoms with Gasteiger partial charge in [-0.15, -0.1) is 0 Å². The monoisotopic (exact) mass is 1060 g/mol. The summed E-state index contributed by atoms with van der Waals surface area (Å²) in [5.41, 5.74) is 10.4. The van der Waals surface area contributed by atoms with Crippen molar-refractivity contribution in [2.45, 2.75) is 120 Å². The smallest absolute Gasteiger partial charge is 0.254 e. The third-order valence-electron chi connectivity index (χ3n) is 17.9. The lowest BCUT2D eigenvalue weighted by molar-refractivity contribution is 0.0538. The lowest BCUT2D eigenvalue weighted by Crippen LogP contribution is -2.49. The van der Waals surface area contributed by atoms with Crippen LogP contribution in [0.2, 0.25) is 0 Å². The predicted octanol–water partition coefficient (Wildman–Crippen LogP) is 13.9. The van der Waals surface area contributed by atoms with Crippen molar-refractivity contribution in [3.05, 3.63) is 202 Å².